The highest BCUT2D eigenvalue weighted by Crippen LogP contribution is 2.34. The Bertz CT molecular complexity index is 369. The van der Waals surface area contributed by atoms with Gasteiger partial charge in [-0.3, -0.25) is 0 Å². The van der Waals surface area contributed by atoms with Crippen molar-refractivity contribution in [2.24, 2.45) is 0 Å². The van der Waals surface area contributed by atoms with Crippen LogP contribution >= 0.6 is 51.1 Å². The van der Waals surface area contributed by atoms with Gasteiger partial charge in [0.2, 0.25) is 0 Å². The molecule has 0 atom stereocenters. The summed E-state index contributed by atoms with van der Waals surface area (Å²) < 4.78 is 1.60. The standard InChI is InChI=1S/C12H12BrClS2/c13-10-4-2-9(3-5-10)11(14)8-12-15-6-1-7-16-12/h2-5,8,12H,1,6-7H2/b11-8-. The highest BCUT2D eigenvalue weighted by Gasteiger charge is 2.12. The molecule has 1 heterocycles. The molecule has 0 saturated carbocycles. The van der Waals surface area contributed by atoms with Crippen LogP contribution in [0.2, 0.25) is 0 Å². The summed E-state index contributed by atoms with van der Waals surface area (Å²) in [5.74, 6) is 2.50. The summed E-state index contributed by atoms with van der Waals surface area (Å²) in [5.41, 5.74) is 1.09. The summed E-state index contributed by atoms with van der Waals surface area (Å²) in [6.07, 6.45) is 3.48. The maximum atomic E-state index is 6.31. The largest absolute Gasteiger partial charge is 0.143 e. The first-order valence-corrected chi connectivity index (χ1v) is 8.39. The molecule has 0 spiro atoms. The molecule has 1 aliphatic heterocycles. The molecular weight excluding hydrogens is 324 g/mol. The Morgan fingerprint density at radius 1 is 1.25 bits per heavy atom. The molecule has 1 aliphatic rings. The van der Waals surface area contributed by atoms with Crippen molar-refractivity contribution < 1.29 is 0 Å². The van der Waals surface area contributed by atoms with Crippen LogP contribution < -0.4 is 0 Å². The summed E-state index contributed by atoms with van der Waals surface area (Å²) in [4.78, 5) is 0. The van der Waals surface area contributed by atoms with Crippen molar-refractivity contribution in [3.63, 3.8) is 0 Å². The average Bonchev–Trinajstić information content (AvgIpc) is 2.31. The molecule has 0 bridgehead atoms. The van der Waals surface area contributed by atoms with Gasteiger partial charge in [-0.2, -0.15) is 0 Å². The minimum atomic E-state index is 0.518. The molecule has 0 aliphatic carbocycles. The van der Waals surface area contributed by atoms with Gasteiger partial charge in [-0.05, 0) is 41.7 Å². The van der Waals surface area contributed by atoms with Gasteiger partial charge in [0.25, 0.3) is 0 Å². The summed E-state index contributed by atoms with van der Waals surface area (Å²) in [6, 6.07) is 8.13. The van der Waals surface area contributed by atoms with E-state index in [9.17, 15) is 0 Å². The maximum absolute atomic E-state index is 6.31. The van der Waals surface area contributed by atoms with Crippen LogP contribution in [-0.2, 0) is 0 Å². The van der Waals surface area contributed by atoms with Gasteiger partial charge in [0.15, 0.2) is 0 Å². The number of hydrogen-bond acceptors (Lipinski definition) is 2. The van der Waals surface area contributed by atoms with Gasteiger partial charge in [0, 0.05) is 9.51 Å². The molecule has 1 fully saturated rings. The second-order valence-corrected chi connectivity index (χ2v) is 7.61. The predicted molar refractivity (Wildman–Crippen MR) is 81.3 cm³/mol. The molecule has 0 unspecified atom stereocenters. The lowest BCUT2D eigenvalue weighted by Crippen LogP contribution is -2.03. The van der Waals surface area contributed by atoms with Crippen LogP contribution in [0.5, 0.6) is 0 Å². The lowest BCUT2D eigenvalue weighted by molar-refractivity contribution is 1.11. The number of benzene rings is 1. The highest BCUT2D eigenvalue weighted by molar-refractivity contribution is 9.10. The molecule has 0 aromatic heterocycles. The van der Waals surface area contributed by atoms with Gasteiger partial charge in [-0.15, -0.1) is 23.5 Å². The lowest BCUT2D eigenvalue weighted by Gasteiger charge is -2.17. The Morgan fingerprint density at radius 2 is 1.88 bits per heavy atom. The first kappa shape index (κ1) is 12.9. The van der Waals surface area contributed by atoms with E-state index in [4.69, 9.17) is 11.6 Å². The zero-order valence-corrected chi connectivity index (χ0v) is 12.6. The Morgan fingerprint density at radius 3 is 2.50 bits per heavy atom. The number of rotatable bonds is 2. The van der Waals surface area contributed by atoms with Crippen LogP contribution in [0.1, 0.15) is 12.0 Å². The quantitative estimate of drug-likeness (QED) is 0.726. The van der Waals surface area contributed by atoms with Crippen LogP contribution in [-0.4, -0.2) is 16.1 Å². The topological polar surface area (TPSA) is 0 Å². The van der Waals surface area contributed by atoms with Gasteiger partial charge in [0.1, 0.15) is 0 Å². The highest BCUT2D eigenvalue weighted by atomic mass is 79.9. The molecule has 1 aromatic rings. The Kier molecular flexibility index (Phi) is 5.14. The summed E-state index contributed by atoms with van der Waals surface area (Å²) in [7, 11) is 0. The fourth-order valence-electron chi connectivity index (χ4n) is 1.43. The van der Waals surface area contributed by atoms with E-state index in [1.807, 2.05) is 47.8 Å². The van der Waals surface area contributed by atoms with Gasteiger partial charge in [-0.25, -0.2) is 0 Å². The first-order chi connectivity index (χ1) is 7.75. The Labute approximate surface area is 118 Å². The van der Waals surface area contributed by atoms with Crippen LogP contribution in [0, 0.1) is 0 Å². The van der Waals surface area contributed by atoms with Gasteiger partial charge >= 0.3 is 0 Å². The molecule has 0 amide bonds. The second kappa shape index (κ2) is 6.39. The third kappa shape index (κ3) is 3.73. The van der Waals surface area contributed by atoms with Crippen molar-refractivity contribution >= 4 is 56.1 Å². The summed E-state index contributed by atoms with van der Waals surface area (Å²) >= 11 is 13.7. The van der Waals surface area contributed by atoms with Crippen molar-refractivity contribution in [3.8, 4) is 0 Å². The van der Waals surface area contributed by atoms with Crippen LogP contribution in [0.15, 0.2) is 34.8 Å². The van der Waals surface area contributed by atoms with Crippen LogP contribution in [0.4, 0.5) is 0 Å². The van der Waals surface area contributed by atoms with Crippen molar-refractivity contribution in [1.29, 1.82) is 0 Å². The fourth-order valence-corrected chi connectivity index (χ4v) is 4.79. The SMILES string of the molecule is Cl/C(=C\C1SCCCS1)c1ccc(Br)cc1. The molecule has 16 heavy (non-hydrogen) atoms. The van der Waals surface area contributed by atoms with Gasteiger partial charge in [-0.1, -0.05) is 39.7 Å². The normalized spacial score (nSPS) is 18.8. The van der Waals surface area contributed by atoms with Gasteiger partial charge in [0.05, 0.1) is 4.58 Å². The number of thioether (sulfide) groups is 2. The van der Waals surface area contributed by atoms with E-state index in [0.717, 1.165) is 15.1 Å². The summed E-state index contributed by atoms with van der Waals surface area (Å²) in [5, 5.41) is 0.861. The Balaban J connectivity index is 2.07. The third-order valence-electron chi connectivity index (χ3n) is 2.26. The molecule has 1 aromatic carbocycles. The smallest absolute Gasteiger partial charge is 0.0699 e. The molecule has 0 nitrogen and oxygen atoms in total. The van der Waals surface area contributed by atoms with E-state index in [1.165, 1.54) is 17.9 Å². The molecule has 0 radical (unpaired) electrons. The van der Waals surface area contributed by atoms with E-state index in [-0.39, 0.29) is 0 Å². The molecular formula is C12H12BrClS2. The van der Waals surface area contributed by atoms with E-state index in [1.54, 1.807) is 0 Å². The Hall–Kier alpha value is 0.430. The second-order valence-electron chi connectivity index (χ2n) is 3.49. The minimum Gasteiger partial charge on any atom is -0.143 e. The first-order valence-electron chi connectivity index (χ1n) is 5.12. The molecule has 2 rings (SSSR count). The zero-order valence-electron chi connectivity index (χ0n) is 8.66. The lowest BCUT2D eigenvalue weighted by atomic mass is 10.2. The van der Waals surface area contributed by atoms with E-state index < -0.39 is 0 Å². The van der Waals surface area contributed by atoms with Crippen LogP contribution in [0.25, 0.3) is 5.03 Å². The van der Waals surface area contributed by atoms with Crippen molar-refractivity contribution in [2.75, 3.05) is 11.5 Å². The molecule has 4 heteroatoms. The third-order valence-corrected chi connectivity index (χ3v) is 5.92. The van der Waals surface area contributed by atoms with E-state index in [0.29, 0.717) is 4.58 Å². The fraction of sp³-hybridized carbons (Fsp3) is 0.333. The monoisotopic (exact) mass is 334 g/mol. The molecule has 86 valence electrons. The van der Waals surface area contributed by atoms with Crippen molar-refractivity contribution in [1.82, 2.24) is 0 Å². The van der Waals surface area contributed by atoms with E-state index >= 15 is 0 Å². The molecule has 1 saturated heterocycles. The predicted octanol–water partition coefficient (Wildman–Crippen LogP) is 5.23. The number of halogens is 2. The minimum absolute atomic E-state index is 0.518. The van der Waals surface area contributed by atoms with Crippen molar-refractivity contribution in [3.05, 3.63) is 40.4 Å². The molecule has 0 N–H and O–H groups in total. The average molecular weight is 336 g/mol. The van der Waals surface area contributed by atoms with Gasteiger partial charge < -0.3 is 0 Å². The van der Waals surface area contributed by atoms with Crippen LogP contribution in [0.3, 0.4) is 0 Å². The number of hydrogen-bond donors (Lipinski definition) is 0. The van der Waals surface area contributed by atoms with Crippen molar-refractivity contribution in [2.45, 2.75) is 11.0 Å². The summed E-state index contributed by atoms with van der Waals surface area (Å²) in [6.45, 7) is 0. The maximum Gasteiger partial charge on any atom is 0.0699 e. The zero-order chi connectivity index (χ0) is 11.4. The van der Waals surface area contributed by atoms with E-state index in [2.05, 4.69) is 22.0 Å².